The van der Waals surface area contributed by atoms with E-state index in [0.29, 0.717) is 11.5 Å². The lowest BCUT2D eigenvalue weighted by Crippen LogP contribution is -2.38. The third-order valence-electron chi connectivity index (χ3n) is 3.66. The number of pyridine rings is 1. The molecule has 0 bridgehead atoms. The Labute approximate surface area is 140 Å². The quantitative estimate of drug-likeness (QED) is 0.718. The Balaban J connectivity index is 1.78. The van der Waals surface area contributed by atoms with Crippen LogP contribution in [0.5, 0.6) is 0 Å². The summed E-state index contributed by atoms with van der Waals surface area (Å²) >= 11 is 0. The first-order valence-corrected chi connectivity index (χ1v) is 7.88. The molecule has 0 saturated heterocycles. The molecule has 122 valence electrons. The number of aromatic nitrogens is 2. The van der Waals surface area contributed by atoms with Crippen LogP contribution in [0.3, 0.4) is 0 Å². The number of benzene rings is 1. The molecular weight excluding hydrogens is 302 g/mol. The Bertz CT molecular complexity index is 798. The Morgan fingerprint density at radius 2 is 1.96 bits per heavy atom. The van der Waals surface area contributed by atoms with Crippen LogP contribution in [0, 0.1) is 0 Å². The van der Waals surface area contributed by atoms with E-state index in [-0.39, 0.29) is 18.4 Å². The fraction of sp³-hybridized carbons (Fsp3) is 0.211. The molecule has 2 aromatic heterocycles. The van der Waals surface area contributed by atoms with Crippen molar-refractivity contribution in [3.8, 4) is 11.3 Å². The molecule has 0 unspecified atom stereocenters. The maximum atomic E-state index is 12.7. The minimum Gasteiger partial charge on any atom is -0.356 e. The van der Waals surface area contributed by atoms with Crippen molar-refractivity contribution in [2.24, 2.45) is 0 Å². The highest BCUT2D eigenvalue weighted by Crippen LogP contribution is 2.21. The van der Waals surface area contributed by atoms with Gasteiger partial charge in [0.2, 0.25) is 5.91 Å². The van der Waals surface area contributed by atoms with Gasteiger partial charge in [0, 0.05) is 23.9 Å². The topological polar surface area (TPSA) is 59.2 Å². The van der Waals surface area contributed by atoms with E-state index >= 15 is 0 Å². The molecule has 5 nitrogen and oxygen atoms in total. The molecule has 0 aliphatic heterocycles. The van der Waals surface area contributed by atoms with Crippen LogP contribution in [-0.4, -0.2) is 22.1 Å². The maximum Gasteiger partial charge on any atom is 0.233 e. The van der Waals surface area contributed by atoms with E-state index in [2.05, 4.69) is 10.1 Å². The average Bonchev–Trinajstić information content (AvgIpc) is 3.05. The molecule has 0 N–H and O–H groups in total. The summed E-state index contributed by atoms with van der Waals surface area (Å²) in [5.41, 5.74) is 2.34. The Morgan fingerprint density at radius 3 is 2.62 bits per heavy atom. The zero-order valence-electron chi connectivity index (χ0n) is 13.7. The lowest BCUT2D eigenvalue weighted by Gasteiger charge is -2.26. The van der Waals surface area contributed by atoms with Gasteiger partial charge in [-0.15, -0.1) is 0 Å². The number of amides is 1. The summed E-state index contributed by atoms with van der Waals surface area (Å²) in [4.78, 5) is 18.5. The van der Waals surface area contributed by atoms with Crippen molar-refractivity contribution < 1.29 is 9.32 Å². The molecule has 1 amide bonds. The molecule has 0 aliphatic rings. The predicted molar refractivity (Wildman–Crippen MR) is 92.5 cm³/mol. The molecule has 0 atom stereocenters. The minimum absolute atomic E-state index is 0.0298. The number of hydrogen-bond donors (Lipinski definition) is 0. The van der Waals surface area contributed by atoms with Crippen molar-refractivity contribution in [3.05, 3.63) is 66.6 Å². The molecule has 0 aliphatic carbocycles. The number of nitrogens with zero attached hydrogens (tertiary/aromatic N) is 3. The van der Waals surface area contributed by atoms with E-state index < -0.39 is 0 Å². The molecule has 5 heteroatoms. The van der Waals surface area contributed by atoms with E-state index in [1.165, 1.54) is 0 Å². The number of carbonyl (C=O) groups excluding carboxylic acids is 1. The van der Waals surface area contributed by atoms with Gasteiger partial charge in [-0.25, -0.2) is 0 Å². The molecule has 0 fully saturated rings. The summed E-state index contributed by atoms with van der Waals surface area (Å²) in [5.74, 6) is 0.627. The third kappa shape index (κ3) is 3.51. The largest absolute Gasteiger partial charge is 0.356 e. The summed E-state index contributed by atoms with van der Waals surface area (Å²) in [6, 6.07) is 15.3. The van der Waals surface area contributed by atoms with Crippen LogP contribution in [-0.2, 0) is 11.2 Å². The van der Waals surface area contributed by atoms with Crippen molar-refractivity contribution in [2.45, 2.75) is 26.3 Å². The first kappa shape index (κ1) is 15.9. The van der Waals surface area contributed by atoms with Gasteiger partial charge in [0.1, 0.15) is 0 Å². The first-order valence-electron chi connectivity index (χ1n) is 7.88. The summed E-state index contributed by atoms with van der Waals surface area (Å²) in [5, 5.41) is 4.03. The van der Waals surface area contributed by atoms with Gasteiger partial charge < -0.3 is 9.42 Å². The van der Waals surface area contributed by atoms with Crippen LogP contribution in [0.4, 0.5) is 5.69 Å². The Morgan fingerprint density at radius 1 is 1.17 bits per heavy atom. The van der Waals surface area contributed by atoms with Crippen LogP contribution in [0.2, 0.25) is 0 Å². The smallest absolute Gasteiger partial charge is 0.233 e. The van der Waals surface area contributed by atoms with Gasteiger partial charge in [-0.05, 0) is 26.0 Å². The van der Waals surface area contributed by atoms with Crippen LogP contribution < -0.4 is 4.90 Å². The lowest BCUT2D eigenvalue weighted by atomic mass is 10.1. The Hall–Kier alpha value is -2.95. The second-order valence-corrected chi connectivity index (χ2v) is 5.79. The molecular formula is C19H19N3O2. The molecule has 0 spiro atoms. The zero-order valence-corrected chi connectivity index (χ0v) is 13.7. The second kappa shape index (κ2) is 7.08. The van der Waals surface area contributed by atoms with Gasteiger partial charge >= 0.3 is 0 Å². The van der Waals surface area contributed by atoms with Gasteiger partial charge in [0.25, 0.3) is 0 Å². The number of carbonyl (C=O) groups is 1. The van der Waals surface area contributed by atoms with Crippen LogP contribution in [0.1, 0.15) is 19.5 Å². The molecule has 3 aromatic rings. The van der Waals surface area contributed by atoms with E-state index in [1.54, 1.807) is 17.3 Å². The van der Waals surface area contributed by atoms with Crippen molar-refractivity contribution in [2.75, 3.05) is 4.90 Å². The minimum atomic E-state index is -0.0362. The summed E-state index contributed by atoms with van der Waals surface area (Å²) < 4.78 is 5.36. The second-order valence-electron chi connectivity index (χ2n) is 5.79. The first-order chi connectivity index (χ1) is 11.6. The molecule has 24 heavy (non-hydrogen) atoms. The number of hydrogen-bond acceptors (Lipinski definition) is 4. The van der Waals surface area contributed by atoms with Gasteiger partial charge in [-0.1, -0.05) is 35.5 Å². The van der Waals surface area contributed by atoms with Gasteiger partial charge in [-0.3, -0.25) is 9.78 Å². The number of anilines is 1. The van der Waals surface area contributed by atoms with Crippen molar-refractivity contribution >= 4 is 11.6 Å². The highest BCUT2D eigenvalue weighted by atomic mass is 16.5. The predicted octanol–water partition coefficient (Wildman–Crippen LogP) is 3.72. The van der Waals surface area contributed by atoms with E-state index in [0.717, 1.165) is 11.3 Å². The van der Waals surface area contributed by atoms with Gasteiger partial charge in [0.05, 0.1) is 24.0 Å². The standard InChI is InChI=1S/C19H19N3O2/c1-14(2)22(17-9-6-10-20-13-17)19(23)12-16-11-18(24-21-16)15-7-4-3-5-8-15/h3-11,13-14H,12H2,1-2H3. The van der Waals surface area contributed by atoms with Crippen LogP contribution in [0.25, 0.3) is 11.3 Å². The summed E-state index contributed by atoms with van der Waals surface area (Å²) in [6.07, 6.45) is 3.57. The highest BCUT2D eigenvalue weighted by molar-refractivity contribution is 5.94. The van der Waals surface area contributed by atoms with Crippen molar-refractivity contribution in [1.29, 1.82) is 0 Å². The van der Waals surface area contributed by atoms with E-state index in [1.807, 2.05) is 62.4 Å². The lowest BCUT2D eigenvalue weighted by molar-refractivity contribution is -0.118. The van der Waals surface area contributed by atoms with Crippen molar-refractivity contribution in [1.82, 2.24) is 10.1 Å². The number of rotatable bonds is 5. The molecule has 0 saturated carbocycles. The van der Waals surface area contributed by atoms with Crippen LogP contribution in [0.15, 0.2) is 65.4 Å². The van der Waals surface area contributed by atoms with E-state index in [9.17, 15) is 4.79 Å². The normalized spacial score (nSPS) is 10.8. The van der Waals surface area contributed by atoms with Crippen molar-refractivity contribution in [3.63, 3.8) is 0 Å². The molecule has 1 aromatic carbocycles. The third-order valence-corrected chi connectivity index (χ3v) is 3.66. The van der Waals surface area contributed by atoms with Crippen LogP contribution >= 0.6 is 0 Å². The fourth-order valence-electron chi connectivity index (χ4n) is 2.60. The zero-order chi connectivity index (χ0) is 16.9. The molecule has 0 radical (unpaired) electrons. The SMILES string of the molecule is CC(C)N(C(=O)Cc1cc(-c2ccccc2)on1)c1cccnc1. The van der Waals surface area contributed by atoms with Gasteiger partial charge in [0.15, 0.2) is 5.76 Å². The molecule has 3 rings (SSSR count). The monoisotopic (exact) mass is 321 g/mol. The highest BCUT2D eigenvalue weighted by Gasteiger charge is 2.21. The average molecular weight is 321 g/mol. The maximum absolute atomic E-state index is 12.7. The summed E-state index contributed by atoms with van der Waals surface area (Å²) in [6.45, 7) is 3.95. The van der Waals surface area contributed by atoms with Gasteiger partial charge in [-0.2, -0.15) is 0 Å². The Kier molecular flexibility index (Phi) is 4.70. The summed E-state index contributed by atoms with van der Waals surface area (Å²) in [7, 11) is 0. The molecule has 2 heterocycles. The van der Waals surface area contributed by atoms with E-state index in [4.69, 9.17) is 4.52 Å². The fourth-order valence-corrected chi connectivity index (χ4v) is 2.60.